The van der Waals surface area contributed by atoms with Crippen molar-refractivity contribution in [3.8, 4) is 11.5 Å². The van der Waals surface area contributed by atoms with Crippen molar-refractivity contribution in [3.05, 3.63) is 23.8 Å². The number of hydrogen-bond acceptors (Lipinski definition) is 4. The topological polar surface area (TPSA) is 113 Å². The predicted octanol–water partition coefficient (Wildman–Crippen LogP) is -0.240. The fourth-order valence-corrected chi connectivity index (χ4v) is 1.24. The second kappa shape index (κ2) is 4.52. The van der Waals surface area contributed by atoms with Crippen molar-refractivity contribution in [1.82, 2.24) is 5.32 Å². The van der Waals surface area contributed by atoms with Gasteiger partial charge in [0, 0.05) is 6.92 Å². The second-order valence-corrected chi connectivity index (χ2v) is 3.28. The predicted molar refractivity (Wildman–Crippen MR) is 55.5 cm³/mol. The number of hydrogen-bond donors (Lipinski definition) is 4. The van der Waals surface area contributed by atoms with Gasteiger partial charge in [0.05, 0.1) is 0 Å². The number of aromatic hydroxyl groups is 2. The van der Waals surface area contributed by atoms with Crippen molar-refractivity contribution >= 4 is 11.8 Å². The summed E-state index contributed by atoms with van der Waals surface area (Å²) in [5.74, 6) is -1.86. The van der Waals surface area contributed by atoms with Crippen LogP contribution in [0.25, 0.3) is 0 Å². The highest BCUT2D eigenvalue weighted by molar-refractivity contribution is 5.86. The van der Waals surface area contributed by atoms with E-state index in [0.717, 1.165) is 0 Å². The van der Waals surface area contributed by atoms with E-state index in [0.29, 0.717) is 5.56 Å². The molecule has 0 unspecified atom stereocenters. The number of nitrogens with one attached hydrogen (secondary N) is 1. The van der Waals surface area contributed by atoms with Gasteiger partial charge in [-0.05, 0) is 17.7 Å². The molecule has 1 aromatic carbocycles. The molecule has 86 valence electrons. The smallest absolute Gasteiger partial charge is 0.244 e. The van der Waals surface area contributed by atoms with Gasteiger partial charge in [0.15, 0.2) is 11.5 Å². The zero-order valence-electron chi connectivity index (χ0n) is 8.60. The lowest BCUT2D eigenvalue weighted by atomic mass is 10.1. The Morgan fingerprint density at radius 3 is 2.38 bits per heavy atom. The van der Waals surface area contributed by atoms with Crippen LogP contribution in [0.15, 0.2) is 18.2 Å². The summed E-state index contributed by atoms with van der Waals surface area (Å²) in [6.45, 7) is 1.25. The Morgan fingerprint density at radius 1 is 1.31 bits per heavy atom. The van der Waals surface area contributed by atoms with E-state index in [1.165, 1.54) is 25.1 Å². The molecule has 0 aliphatic carbocycles. The Hall–Kier alpha value is -2.24. The summed E-state index contributed by atoms with van der Waals surface area (Å²) >= 11 is 0. The third-order valence-corrected chi connectivity index (χ3v) is 1.96. The summed E-state index contributed by atoms with van der Waals surface area (Å²) in [6.07, 6.45) is 0. The van der Waals surface area contributed by atoms with Crippen LogP contribution in [0.3, 0.4) is 0 Å². The quantitative estimate of drug-likeness (QED) is 0.530. The Morgan fingerprint density at radius 2 is 1.94 bits per heavy atom. The number of nitrogens with two attached hydrogens (primary N) is 1. The van der Waals surface area contributed by atoms with Crippen molar-refractivity contribution in [2.75, 3.05) is 0 Å². The molecule has 1 aromatic rings. The Balaban J connectivity index is 3.06. The van der Waals surface area contributed by atoms with E-state index in [1.54, 1.807) is 0 Å². The third kappa shape index (κ3) is 2.63. The molecule has 0 spiro atoms. The molecule has 0 saturated carbocycles. The average molecular weight is 224 g/mol. The molecule has 0 aromatic heterocycles. The summed E-state index contributed by atoms with van der Waals surface area (Å²) in [5, 5.41) is 20.7. The number of benzene rings is 1. The van der Waals surface area contributed by atoms with Crippen LogP contribution >= 0.6 is 0 Å². The van der Waals surface area contributed by atoms with Crippen molar-refractivity contribution in [2.24, 2.45) is 5.73 Å². The molecule has 2 amide bonds. The summed E-state index contributed by atoms with van der Waals surface area (Å²) in [6, 6.07) is 2.74. The van der Waals surface area contributed by atoms with Crippen molar-refractivity contribution in [2.45, 2.75) is 13.0 Å². The Kier molecular flexibility index (Phi) is 3.34. The van der Waals surface area contributed by atoms with Crippen LogP contribution in [0.4, 0.5) is 0 Å². The molecule has 1 rings (SSSR count). The summed E-state index contributed by atoms with van der Waals surface area (Å²) in [7, 11) is 0. The minimum Gasteiger partial charge on any atom is -0.504 e. The molecule has 1 atom stereocenters. The van der Waals surface area contributed by atoms with Crippen LogP contribution < -0.4 is 11.1 Å². The highest BCUT2D eigenvalue weighted by Crippen LogP contribution is 2.27. The molecule has 0 saturated heterocycles. The van der Waals surface area contributed by atoms with Gasteiger partial charge in [0.25, 0.3) is 0 Å². The molecule has 0 heterocycles. The highest BCUT2D eigenvalue weighted by Gasteiger charge is 2.19. The molecule has 6 nitrogen and oxygen atoms in total. The summed E-state index contributed by atoms with van der Waals surface area (Å²) in [5.41, 5.74) is 5.41. The number of primary amides is 1. The number of carbonyl (C=O) groups excluding carboxylic acids is 2. The molecular formula is C10H12N2O4. The van der Waals surface area contributed by atoms with Crippen molar-refractivity contribution < 1.29 is 19.8 Å². The second-order valence-electron chi connectivity index (χ2n) is 3.28. The molecule has 0 fully saturated rings. The fraction of sp³-hybridized carbons (Fsp3) is 0.200. The Bertz CT molecular complexity index is 431. The number of carbonyl (C=O) groups is 2. The average Bonchev–Trinajstić information content (AvgIpc) is 2.18. The standard InChI is InChI=1S/C10H12N2O4/c1-5(13)12-9(10(11)16)6-2-3-7(14)8(15)4-6/h2-4,9,14-15H,1H3,(H2,11,16)(H,12,13)/t9-/m1/s1. The monoisotopic (exact) mass is 224 g/mol. The van der Waals surface area contributed by atoms with Gasteiger partial charge in [0.2, 0.25) is 11.8 Å². The maximum atomic E-state index is 11.1. The van der Waals surface area contributed by atoms with E-state index >= 15 is 0 Å². The zero-order chi connectivity index (χ0) is 12.3. The maximum absolute atomic E-state index is 11.1. The number of phenolic OH excluding ortho intramolecular Hbond substituents is 2. The fourth-order valence-electron chi connectivity index (χ4n) is 1.24. The number of rotatable bonds is 3. The molecule has 0 aliphatic rings. The van der Waals surface area contributed by atoms with Crippen molar-refractivity contribution in [1.29, 1.82) is 0 Å². The van der Waals surface area contributed by atoms with Crippen molar-refractivity contribution in [3.63, 3.8) is 0 Å². The molecule has 6 heteroatoms. The van der Waals surface area contributed by atoms with Crippen LogP contribution in [-0.2, 0) is 9.59 Å². The van der Waals surface area contributed by atoms with Crippen LogP contribution in [-0.4, -0.2) is 22.0 Å². The van der Waals surface area contributed by atoms with Gasteiger partial charge in [0.1, 0.15) is 6.04 Å². The highest BCUT2D eigenvalue weighted by atomic mass is 16.3. The van der Waals surface area contributed by atoms with E-state index in [2.05, 4.69) is 5.32 Å². The van der Waals surface area contributed by atoms with Gasteiger partial charge < -0.3 is 21.3 Å². The van der Waals surface area contributed by atoms with Gasteiger partial charge in [-0.2, -0.15) is 0 Å². The van der Waals surface area contributed by atoms with E-state index in [9.17, 15) is 14.7 Å². The van der Waals surface area contributed by atoms with Gasteiger partial charge >= 0.3 is 0 Å². The van der Waals surface area contributed by atoms with Gasteiger partial charge in [-0.1, -0.05) is 6.07 Å². The number of amides is 2. The Labute approximate surface area is 91.7 Å². The van der Waals surface area contributed by atoms with E-state index in [4.69, 9.17) is 10.8 Å². The molecule has 0 radical (unpaired) electrons. The first kappa shape index (κ1) is 11.8. The first-order valence-corrected chi connectivity index (χ1v) is 4.50. The maximum Gasteiger partial charge on any atom is 0.244 e. The summed E-state index contributed by atoms with van der Waals surface area (Å²) < 4.78 is 0. The lowest BCUT2D eigenvalue weighted by Gasteiger charge is -2.14. The van der Waals surface area contributed by atoms with Crippen LogP contribution in [0.5, 0.6) is 11.5 Å². The SMILES string of the molecule is CC(=O)N[C@@H](C(N)=O)c1ccc(O)c(O)c1. The molecule has 5 N–H and O–H groups in total. The molecule has 0 aliphatic heterocycles. The lowest BCUT2D eigenvalue weighted by Crippen LogP contribution is -2.36. The van der Waals surface area contributed by atoms with Crippen LogP contribution in [0.1, 0.15) is 18.5 Å². The minimum atomic E-state index is -1.02. The van der Waals surface area contributed by atoms with Gasteiger partial charge in [-0.15, -0.1) is 0 Å². The normalized spacial score (nSPS) is 11.8. The van der Waals surface area contributed by atoms with Gasteiger partial charge in [-0.3, -0.25) is 9.59 Å². The number of phenols is 2. The zero-order valence-corrected chi connectivity index (χ0v) is 8.60. The van der Waals surface area contributed by atoms with E-state index in [-0.39, 0.29) is 11.5 Å². The van der Waals surface area contributed by atoms with Crippen LogP contribution in [0, 0.1) is 0 Å². The van der Waals surface area contributed by atoms with E-state index < -0.39 is 17.9 Å². The first-order valence-electron chi connectivity index (χ1n) is 4.50. The van der Waals surface area contributed by atoms with Crippen LogP contribution in [0.2, 0.25) is 0 Å². The molecule has 16 heavy (non-hydrogen) atoms. The first-order chi connectivity index (χ1) is 7.41. The largest absolute Gasteiger partial charge is 0.504 e. The lowest BCUT2D eigenvalue weighted by molar-refractivity contribution is -0.126. The van der Waals surface area contributed by atoms with Gasteiger partial charge in [-0.25, -0.2) is 0 Å². The summed E-state index contributed by atoms with van der Waals surface area (Å²) in [4.78, 5) is 21.9. The van der Waals surface area contributed by atoms with E-state index in [1.807, 2.05) is 0 Å². The minimum absolute atomic E-state index is 0.304. The molecule has 0 bridgehead atoms. The third-order valence-electron chi connectivity index (χ3n) is 1.96. The molecular weight excluding hydrogens is 212 g/mol.